The van der Waals surface area contributed by atoms with Crippen LogP contribution in [-0.4, -0.2) is 39.8 Å². The Bertz CT molecular complexity index is 1150. The van der Waals surface area contributed by atoms with Crippen molar-refractivity contribution in [1.82, 2.24) is 14.5 Å². The molecule has 0 saturated heterocycles. The van der Waals surface area contributed by atoms with Crippen LogP contribution in [0, 0.1) is 6.92 Å². The van der Waals surface area contributed by atoms with Crippen molar-refractivity contribution in [3.8, 4) is 0 Å². The Morgan fingerprint density at radius 2 is 2.00 bits per heavy atom. The summed E-state index contributed by atoms with van der Waals surface area (Å²) in [6.07, 6.45) is 4.08. The van der Waals surface area contributed by atoms with Gasteiger partial charge in [0.15, 0.2) is 0 Å². The number of aromatic nitrogens is 3. The zero-order valence-electron chi connectivity index (χ0n) is 19.3. The third-order valence-corrected chi connectivity index (χ3v) is 6.06. The second-order valence-corrected chi connectivity index (χ2v) is 8.41. The van der Waals surface area contributed by atoms with Gasteiger partial charge < -0.3 is 14.6 Å². The standard InChI is InChI=1S/C24H30ClN5O2/c1-7-12-29-22-17(16(8-2)9-3)10-11-18(25)21(22)27-23(29)30(24(31)32)19-14-26-20(28(5)6)13-15(19)4/h7,10-11,13-14,16H,1,8-9,12H2,2-6H3,(H,31,32). The highest BCUT2D eigenvalue weighted by atomic mass is 35.5. The number of amides is 1. The summed E-state index contributed by atoms with van der Waals surface area (Å²) in [6, 6.07) is 5.72. The van der Waals surface area contributed by atoms with Crippen LogP contribution < -0.4 is 9.80 Å². The molecule has 0 atom stereocenters. The molecule has 0 saturated carbocycles. The highest BCUT2D eigenvalue weighted by molar-refractivity contribution is 6.35. The van der Waals surface area contributed by atoms with Crippen molar-refractivity contribution in [3.05, 3.63) is 53.2 Å². The summed E-state index contributed by atoms with van der Waals surface area (Å²) < 4.78 is 1.88. The molecule has 0 fully saturated rings. The number of aryl methyl sites for hydroxylation is 1. The van der Waals surface area contributed by atoms with Gasteiger partial charge in [0, 0.05) is 20.6 Å². The van der Waals surface area contributed by atoms with Crippen molar-refractivity contribution in [2.75, 3.05) is 23.9 Å². The molecule has 1 aromatic carbocycles. The first-order valence-corrected chi connectivity index (χ1v) is 11.1. The number of pyridine rings is 1. The highest BCUT2D eigenvalue weighted by Crippen LogP contribution is 2.38. The fraction of sp³-hybridized carbons (Fsp3) is 0.375. The molecule has 170 valence electrons. The monoisotopic (exact) mass is 455 g/mol. The van der Waals surface area contributed by atoms with E-state index in [1.165, 1.54) is 4.90 Å². The second-order valence-electron chi connectivity index (χ2n) is 8.00. The van der Waals surface area contributed by atoms with E-state index in [2.05, 4.69) is 25.4 Å². The molecule has 8 heteroatoms. The maximum atomic E-state index is 12.5. The number of hydrogen-bond donors (Lipinski definition) is 1. The van der Waals surface area contributed by atoms with Gasteiger partial charge in [-0.25, -0.2) is 19.7 Å². The van der Waals surface area contributed by atoms with Crippen LogP contribution in [0.2, 0.25) is 5.02 Å². The van der Waals surface area contributed by atoms with Crippen molar-refractivity contribution in [1.29, 1.82) is 0 Å². The van der Waals surface area contributed by atoms with Gasteiger partial charge >= 0.3 is 6.09 Å². The molecule has 3 rings (SSSR count). The van der Waals surface area contributed by atoms with Crippen LogP contribution in [-0.2, 0) is 6.54 Å². The fourth-order valence-electron chi connectivity index (χ4n) is 4.06. The molecule has 0 unspecified atom stereocenters. The maximum absolute atomic E-state index is 12.5. The van der Waals surface area contributed by atoms with Gasteiger partial charge in [-0.05, 0) is 48.9 Å². The summed E-state index contributed by atoms with van der Waals surface area (Å²) in [7, 11) is 3.78. The Morgan fingerprint density at radius 3 is 2.53 bits per heavy atom. The average molecular weight is 456 g/mol. The minimum atomic E-state index is -1.15. The predicted octanol–water partition coefficient (Wildman–Crippen LogP) is 6.36. The summed E-state index contributed by atoms with van der Waals surface area (Å²) in [4.78, 5) is 24.7. The summed E-state index contributed by atoms with van der Waals surface area (Å²) in [5.74, 6) is 1.33. The number of anilines is 3. The van der Waals surface area contributed by atoms with E-state index < -0.39 is 6.09 Å². The van der Waals surface area contributed by atoms with Gasteiger partial charge in [0.05, 0.1) is 22.4 Å². The molecule has 7 nitrogen and oxygen atoms in total. The molecule has 2 aromatic heterocycles. The van der Waals surface area contributed by atoms with Gasteiger partial charge in [-0.2, -0.15) is 0 Å². The lowest BCUT2D eigenvalue weighted by atomic mass is 9.93. The Hall–Kier alpha value is -3.06. The number of hydrogen-bond acceptors (Lipinski definition) is 4. The molecule has 0 spiro atoms. The number of allylic oxidation sites excluding steroid dienone is 1. The summed E-state index contributed by atoms with van der Waals surface area (Å²) in [6.45, 7) is 10.4. The molecule has 0 bridgehead atoms. The van der Waals surface area contributed by atoms with Crippen LogP contribution in [0.4, 0.5) is 22.2 Å². The van der Waals surface area contributed by atoms with E-state index in [0.29, 0.717) is 28.7 Å². The number of fused-ring (bicyclic) bond motifs is 1. The Morgan fingerprint density at radius 1 is 1.31 bits per heavy atom. The third kappa shape index (κ3) is 4.17. The van der Waals surface area contributed by atoms with Crippen LogP contribution in [0.5, 0.6) is 0 Å². The van der Waals surface area contributed by atoms with E-state index >= 15 is 0 Å². The maximum Gasteiger partial charge on any atom is 0.418 e. The third-order valence-electron chi connectivity index (χ3n) is 5.75. The molecule has 2 heterocycles. The molecular weight excluding hydrogens is 426 g/mol. The van der Waals surface area contributed by atoms with Crippen molar-refractivity contribution in [2.45, 2.75) is 46.1 Å². The van der Waals surface area contributed by atoms with E-state index in [1.807, 2.05) is 48.7 Å². The van der Waals surface area contributed by atoms with Crippen LogP contribution in [0.15, 0.2) is 37.1 Å². The Balaban J connectivity index is 2.33. The first kappa shape index (κ1) is 23.6. The number of halogens is 1. The van der Waals surface area contributed by atoms with E-state index in [-0.39, 0.29) is 5.95 Å². The zero-order valence-corrected chi connectivity index (χ0v) is 20.0. The number of imidazole rings is 1. The van der Waals surface area contributed by atoms with Gasteiger partial charge in [-0.3, -0.25) is 0 Å². The van der Waals surface area contributed by atoms with Crippen molar-refractivity contribution < 1.29 is 9.90 Å². The summed E-state index contributed by atoms with van der Waals surface area (Å²) >= 11 is 6.54. The highest BCUT2D eigenvalue weighted by Gasteiger charge is 2.28. The Kier molecular flexibility index (Phi) is 7.09. The van der Waals surface area contributed by atoms with Crippen LogP contribution >= 0.6 is 11.6 Å². The number of carboxylic acid groups (broad SMARTS) is 1. The average Bonchev–Trinajstić information content (AvgIpc) is 3.11. The zero-order chi connectivity index (χ0) is 23.6. The predicted molar refractivity (Wildman–Crippen MR) is 132 cm³/mol. The normalized spacial score (nSPS) is 11.2. The number of nitrogens with zero attached hydrogens (tertiary/aromatic N) is 5. The van der Waals surface area contributed by atoms with E-state index in [1.54, 1.807) is 12.3 Å². The van der Waals surface area contributed by atoms with Gasteiger partial charge in [0.1, 0.15) is 11.3 Å². The van der Waals surface area contributed by atoms with Crippen molar-refractivity contribution in [3.63, 3.8) is 0 Å². The molecule has 1 amide bonds. The lowest BCUT2D eigenvalue weighted by molar-refractivity contribution is 0.204. The molecule has 0 aliphatic heterocycles. The van der Waals surface area contributed by atoms with Crippen molar-refractivity contribution >= 4 is 46.2 Å². The Labute approximate surface area is 193 Å². The summed E-state index contributed by atoms with van der Waals surface area (Å²) in [5.41, 5.74) is 3.77. The van der Waals surface area contributed by atoms with Crippen LogP contribution in [0.1, 0.15) is 43.7 Å². The first-order chi connectivity index (χ1) is 15.2. The largest absolute Gasteiger partial charge is 0.464 e. The molecule has 3 aromatic rings. The van der Waals surface area contributed by atoms with E-state index in [9.17, 15) is 9.90 Å². The number of benzene rings is 1. The molecule has 1 N–H and O–H groups in total. The quantitative estimate of drug-likeness (QED) is 0.399. The van der Waals surface area contributed by atoms with Gasteiger partial charge in [-0.1, -0.05) is 37.6 Å². The minimum Gasteiger partial charge on any atom is -0.464 e. The number of rotatable bonds is 8. The molecular formula is C24H30ClN5O2. The first-order valence-electron chi connectivity index (χ1n) is 10.7. The fourth-order valence-corrected chi connectivity index (χ4v) is 4.26. The van der Waals surface area contributed by atoms with E-state index in [0.717, 1.165) is 35.3 Å². The lowest BCUT2D eigenvalue weighted by Gasteiger charge is -2.23. The topological polar surface area (TPSA) is 74.5 Å². The molecule has 0 aliphatic rings. The van der Waals surface area contributed by atoms with Crippen LogP contribution in [0.25, 0.3) is 11.0 Å². The molecule has 0 aliphatic carbocycles. The van der Waals surface area contributed by atoms with Gasteiger partial charge in [0.2, 0.25) is 5.95 Å². The van der Waals surface area contributed by atoms with Gasteiger partial charge in [0.25, 0.3) is 0 Å². The second kappa shape index (κ2) is 9.61. The molecule has 32 heavy (non-hydrogen) atoms. The van der Waals surface area contributed by atoms with Gasteiger partial charge in [-0.15, -0.1) is 6.58 Å². The van der Waals surface area contributed by atoms with Crippen molar-refractivity contribution in [2.24, 2.45) is 0 Å². The van der Waals surface area contributed by atoms with E-state index in [4.69, 9.17) is 16.6 Å². The SMILES string of the molecule is C=CCn1c(N(C(=O)O)c2cnc(N(C)C)cc2C)nc2c(Cl)ccc(C(CC)CC)c21. The number of carbonyl (C=O) groups is 1. The van der Waals surface area contributed by atoms with Crippen LogP contribution in [0.3, 0.4) is 0 Å². The molecule has 0 radical (unpaired) electrons. The minimum absolute atomic E-state index is 0.273. The lowest BCUT2D eigenvalue weighted by Crippen LogP contribution is -2.28. The summed E-state index contributed by atoms with van der Waals surface area (Å²) in [5, 5.41) is 10.7. The smallest absolute Gasteiger partial charge is 0.418 e.